The third-order valence-electron chi connectivity index (χ3n) is 4.03. The maximum atomic E-state index is 5.42. The number of aromatic nitrogens is 3. The molecule has 2 heterocycles. The molecule has 1 N–H and O–H groups in total. The number of hydrogen-bond acceptors (Lipinski definition) is 2. The van der Waals surface area contributed by atoms with Crippen LogP contribution in [0.15, 0.2) is 16.7 Å². The quantitative estimate of drug-likeness (QED) is 0.835. The van der Waals surface area contributed by atoms with E-state index in [1.54, 1.807) is 0 Å². The molecule has 5 heteroatoms. The van der Waals surface area contributed by atoms with Crippen molar-refractivity contribution >= 4 is 39.3 Å². The number of H-pyrrole nitrogens is 1. The fourth-order valence-corrected chi connectivity index (χ4v) is 3.52. The van der Waals surface area contributed by atoms with Crippen LogP contribution in [0.2, 0.25) is 0 Å². The van der Waals surface area contributed by atoms with E-state index in [4.69, 9.17) is 12.2 Å². The molecule has 2 atom stereocenters. The van der Waals surface area contributed by atoms with Crippen LogP contribution in [0.25, 0.3) is 11.2 Å². The molecular weight excluding hydrogens is 310 g/mol. The van der Waals surface area contributed by atoms with E-state index in [1.807, 2.05) is 12.3 Å². The van der Waals surface area contributed by atoms with Gasteiger partial charge in [-0.25, -0.2) is 4.98 Å². The molecule has 96 valence electrons. The van der Waals surface area contributed by atoms with Crippen LogP contribution in [0.4, 0.5) is 0 Å². The molecule has 0 radical (unpaired) electrons. The Morgan fingerprint density at radius 3 is 3.11 bits per heavy atom. The molecule has 0 amide bonds. The Balaban J connectivity index is 2.01. The summed E-state index contributed by atoms with van der Waals surface area (Å²) in [5.41, 5.74) is 1.99. The van der Waals surface area contributed by atoms with Gasteiger partial charge in [-0.05, 0) is 52.5 Å². The monoisotopic (exact) mass is 325 g/mol. The Morgan fingerprint density at radius 1 is 1.56 bits per heavy atom. The van der Waals surface area contributed by atoms with Crippen molar-refractivity contribution in [2.75, 3.05) is 0 Å². The van der Waals surface area contributed by atoms with Gasteiger partial charge in [0.15, 0.2) is 10.4 Å². The van der Waals surface area contributed by atoms with E-state index >= 15 is 0 Å². The molecule has 1 aliphatic carbocycles. The van der Waals surface area contributed by atoms with E-state index in [-0.39, 0.29) is 0 Å². The summed E-state index contributed by atoms with van der Waals surface area (Å²) < 4.78 is 3.92. The maximum absolute atomic E-state index is 5.42. The van der Waals surface area contributed by atoms with Crippen molar-refractivity contribution in [1.29, 1.82) is 0 Å². The van der Waals surface area contributed by atoms with E-state index in [2.05, 4.69) is 37.4 Å². The molecule has 2 unspecified atom stereocenters. The molecule has 0 bridgehead atoms. The molecule has 18 heavy (non-hydrogen) atoms. The average Bonchev–Trinajstić information content (AvgIpc) is 2.85. The largest absolute Gasteiger partial charge is 0.329 e. The minimum Gasteiger partial charge on any atom is -0.329 e. The van der Waals surface area contributed by atoms with Crippen molar-refractivity contribution in [2.24, 2.45) is 11.8 Å². The van der Waals surface area contributed by atoms with Crippen LogP contribution in [0.1, 0.15) is 26.2 Å². The molecule has 0 saturated heterocycles. The molecule has 0 aromatic carbocycles. The Morgan fingerprint density at radius 2 is 2.39 bits per heavy atom. The van der Waals surface area contributed by atoms with Crippen LogP contribution < -0.4 is 0 Å². The Labute approximate surface area is 120 Å². The second kappa shape index (κ2) is 4.78. The first kappa shape index (κ1) is 12.4. The number of aromatic amines is 1. The van der Waals surface area contributed by atoms with E-state index < -0.39 is 0 Å². The average molecular weight is 326 g/mol. The van der Waals surface area contributed by atoms with Crippen LogP contribution in [0.5, 0.6) is 0 Å². The highest BCUT2D eigenvalue weighted by molar-refractivity contribution is 9.10. The third kappa shape index (κ3) is 2.14. The van der Waals surface area contributed by atoms with Crippen molar-refractivity contribution in [3.63, 3.8) is 0 Å². The highest BCUT2D eigenvalue weighted by Gasteiger charge is 2.24. The lowest BCUT2D eigenvalue weighted by molar-refractivity contribution is 0.365. The van der Waals surface area contributed by atoms with Crippen LogP contribution in [0.3, 0.4) is 0 Å². The summed E-state index contributed by atoms with van der Waals surface area (Å²) in [5, 5.41) is 0. The van der Waals surface area contributed by atoms with Gasteiger partial charge in [0.05, 0.1) is 5.52 Å². The molecule has 2 aromatic heterocycles. The zero-order valence-electron chi connectivity index (χ0n) is 10.3. The number of nitrogens with zero attached hydrogens (tertiary/aromatic N) is 2. The van der Waals surface area contributed by atoms with Crippen LogP contribution in [-0.4, -0.2) is 14.5 Å². The zero-order valence-corrected chi connectivity index (χ0v) is 12.7. The Bertz CT molecular complexity index is 631. The summed E-state index contributed by atoms with van der Waals surface area (Å²) in [6.07, 6.45) is 5.84. The molecule has 1 aliphatic rings. The zero-order chi connectivity index (χ0) is 12.7. The summed E-state index contributed by atoms with van der Waals surface area (Å²) >= 11 is 8.86. The maximum Gasteiger partial charge on any atom is 0.179 e. The van der Waals surface area contributed by atoms with Crippen molar-refractivity contribution in [3.05, 3.63) is 21.5 Å². The number of imidazole rings is 1. The molecule has 1 fully saturated rings. The van der Waals surface area contributed by atoms with Gasteiger partial charge in [-0.1, -0.05) is 19.8 Å². The number of fused-ring (bicyclic) bond motifs is 1. The molecule has 0 aliphatic heterocycles. The first-order chi connectivity index (χ1) is 8.65. The predicted molar refractivity (Wildman–Crippen MR) is 79.1 cm³/mol. The lowest BCUT2D eigenvalue weighted by Crippen LogP contribution is -2.13. The summed E-state index contributed by atoms with van der Waals surface area (Å²) in [5.74, 6) is 1.54. The standard InChI is InChI=1S/C13H16BrN3S/c1-8-3-2-4-9(8)7-17-12-11(16-13(17)18)5-10(14)6-15-12/h5-6,8-9H,2-4,7H2,1H3,(H,16,18). The molecule has 0 spiro atoms. The van der Waals surface area contributed by atoms with Gasteiger partial charge in [-0.2, -0.15) is 0 Å². The Hall–Kier alpha value is -0.680. The van der Waals surface area contributed by atoms with Crippen molar-refractivity contribution in [2.45, 2.75) is 32.7 Å². The molecule has 3 rings (SSSR count). The lowest BCUT2D eigenvalue weighted by atomic mass is 9.98. The van der Waals surface area contributed by atoms with E-state index in [0.29, 0.717) is 0 Å². The second-order valence-electron chi connectivity index (χ2n) is 5.23. The predicted octanol–water partition coefficient (Wildman–Crippen LogP) is 4.29. The van der Waals surface area contributed by atoms with Crippen LogP contribution in [-0.2, 0) is 6.54 Å². The summed E-state index contributed by atoms with van der Waals surface area (Å²) in [6, 6.07) is 2.03. The summed E-state index contributed by atoms with van der Waals surface area (Å²) in [6.45, 7) is 3.34. The van der Waals surface area contributed by atoms with Gasteiger partial charge < -0.3 is 9.55 Å². The fourth-order valence-electron chi connectivity index (χ4n) is 2.92. The normalized spacial score (nSPS) is 23.9. The molecular formula is C13H16BrN3S. The SMILES string of the molecule is CC1CCCC1Cn1c(=S)[nH]c2cc(Br)cnc21. The lowest BCUT2D eigenvalue weighted by Gasteiger charge is -2.15. The number of nitrogens with one attached hydrogen (secondary N) is 1. The van der Waals surface area contributed by atoms with Gasteiger partial charge in [-0.15, -0.1) is 0 Å². The van der Waals surface area contributed by atoms with Gasteiger partial charge in [0.25, 0.3) is 0 Å². The van der Waals surface area contributed by atoms with Crippen molar-refractivity contribution in [3.8, 4) is 0 Å². The molecule has 1 saturated carbocycles. The highest BCUT2D eigenvalue weighted by atomic mass is 79.9. The van der Waals surface area contributed by atoms with Gasteiger partial charge in [0.2, 0.25) is 0 Å². The van der Waals surface area contributed by atoms with E-state index in [9.17, 15) is 0 Å². The number of hydrogen-bond donors (Lipinski definition) is 1. The van der Waals surface area contributed by atoms with Crippen LogP contribution >= 0.6 is 28.1 Å². The number of halogens is 1. The summed E-state index contributed by atoms with van der Waals surface area (Å²) in [7, 11) is 0. The topological polar surface area (TPSA) is 33.6 Å². The number of rotatable bonds is 2. The van der Waals surface area contributed by atoms with Crippen LogP contribution in [0, 0.1) is 16.6 Å². The van der Waals surface area contributed by atoms with Gasteiger partial charge in [0, 0.05) is 17.2 Å². The van der Waals surface area contributed by atoms with E-state index in [1.165, 1.54) is 19.3 Å². The fraction of sp³-hybridized carbons (Fsp3) is 0.538. The van der Waals surface area contributed by atoms with Gasteiger partial charge >= 0.3 is 0 Å². The second-order valence-corrected chi connectivity index (χ2v) is 6.54. The molecule has 3 nitrogen and oxygen atoms in total. The first-order valence-electron chi connectivity index (χ1n) is 6.39. The van der Waals surface area contributed by atoms with Gasteiger partial charge in [0.1, 0.15) is 0 Å². The third-order valence-corrected chi connectivity index (χ3v) is 4.79. The van der Waals surface area contributed by atoms with Crippen molar-refractivity contribution in [1.82, 2.24) is 14.5 Å². The van der Waals surface area contributed by atoms with Crippen molar-refractivity contribution < 1.29 is 0 Å². The molecule has 2 aromatic rings. The summed E-state index contributed by atoms with van der Waals surface area (Å²) in [4.78, 5) is 7.73. The smallest absolute Gasteiger partial charge is 0.179 e. The minimum absolute atomic E-state index is 0.737. The highest BCUT2D eigenvalue weighted by Crippen LogP contribution is 2.33. The minimum atomic E-state index is 0.737. The van der Waals surface area contributed by atoms with Gasteiger partial charge in [-0.3, -0.25) is 0 Å². The van der Waals surface area contributed by atoms with E-state index in [0.717, 1.165) is 38.8 Å². The number of pyridine rings is 1. The Kier molecular flexibility index (Phi) is 3.28. The first-order valence-corrected chi connectivity index (χ1v) is 7.59.